The normalized spacial score (nSPS) is 14.3. The Morgan fingerprint density at radius 1 is 0.938 bits per heavy atom. The average Bonchev–Trinajstić information content (AvgIpc) is 3.69. The van der Waals surface area contributed by atoms with Gasteiger partial charge in [-0.2, -0.15) is 9.78 Å². The van der Waals surface area contributed by atoms with Crippen LogP contribution in [0.25, 0.3) is 16.5 Å². The number of carbonyl (C=O) groups is 1. The van der Waals surface area contributed by atoms with Crippen molar-refractivity contribution in [3.05, 3.63) is 107 Å². The zero-order valence-electron chi connectivity index (χ0n) is 18.0. The molecule has 4 aromatic rings. The maximum absolute atomic E-state index is 14.0. The molecule has 1 aliphatic carbocycles. The molecule has 1 fully saturated rings. The highest BCUT2D eigenvalue weighted by atomic mass is 16.2. The summed E-state index contributed by atoms with van der Waals surface area (Å²) in [5.41, 5.74) is 1.80. The van der Waals surface area contributed by atoms with Gasteiger partial charge in [0.1, 0.15) is 0 Å². The Morgan fingerprint density at radius 2 is 1.53 bits per heavy atom. The molecule has 1 saturated carbocycles. The summed E-state index contributed by atoms with van der Waals surface area (Å²) < 4.78 is 1.35. The highest BCUT2D eigenvalue weighted by molar-refractivity contribution is 6.05. The second-order valence-corrected chi connectivity index (χ2v) is 8.44. The van der Waals surface area contributed by atoms with Crippen LogP contribution >= 0.6 is 0 Å². The second kappa shape index (κ2) is 8.42. The minimum atomic E-state index is -0.229. The largest absolute Gasteiger partial charge is 0.330 e. The zero-order valence-corrected chi connectivity index (χ0v) is 18.0. The minimum Gasteiger partial charge on any atom is -0.330 e. The first-order valence-corrected chi connectivity index (χ1v) is 11.1. The third-order valence-corrected chi connectivity index (χ3v) is 6.26. The fourth-order valence-electron chi connectivity index (χ4n) is 4.24. The molecule has 0 N–H and O–H groups in total. The van der Waals surface area contributed by atoms with Crippen molar-refractivity contribution in [3.63, 3.8) is 0 Å². The van der Waals surface area contributed by atoms with Gasteiger partial charge in [-0.3, -0.25) is 9.59 Å². The predicted octanol–water partition coefficient (Wildman–Crippen LogP) is 4.83. The van der Waals surface area contributed by atoms with Crippen LogP contribution in [0.2, 0.25) is 0 Å². The molecule has 1 aliphatic rings. The highest BCUT2D eigenvalue weighted by Crippen LogP contribution is 2.36. The van der Waals surface area contributed by atoms with E-state index in [1.165, 1.54) is 4.68 Å². The van der Waals surface area contributed by atoms with Gasteiger partial charge in [0.15, 0.2) is 5.69 Å². The first-order chi connectivity index (χ1) is 15.6. The van der Waals surface area contributed by atoms with E-state index in [4.69, 9.17) is 0 Å². The monoisotopic (exact) mass is 423 g/mol. The maximum atomic E-state index is 14.0. The number of benzene rings is 3. The minimum absolute atomic E-state index is 0.0976. The molecule has 1 aromatic heterocycles. The maximum Gasteiger partial charge on any atom is 0.279 e. The summed E-state index contributed by atoms with van der Waals surface area (Å²) in [6, 6.07) is 26.6. The van der Waals surface area contributed by atoms with Gasteiger partial charge >= 0.3 is 0 Å². The van der Waals surface area contributed by atoms with E-state index in [9.17, 15) is 9.59 Å². The Labute approximate surface area is 186 Å². The third-order valence-electron chi connectivity index (χ3n) is 6.26. The van der Waals surface area contributed by atoms with Crippen molar-refractivity contribution < 1.29 is 4.79 Å². The molecule has 1 heterocycles. The van der Waals surface area contributed by atoms with Crippen LogP contribution in [0, 0.1) is 5.92 Å². The summed E-state index contributed by atoms with van der Waals surface area (Å²) in [5, 5.41) is 5.70. The molecule has 0 saturated heterocycles. The number of amides is 1. The van der Waals surface area contributed by atoms with Crippen molar-refractivity contribution in [1.29, 1.82) is 0 Å². The van der Waals surface area contributed by atoms with Crippen LogP contribution in [0.3, 0.4) is 0 Å². The zero-order chi connectivity index (χ0) is 22.1. The van der Waals surface area contributed by atoms with Crippen molar-refractivity contribution >= 4 is 16.7 Å². The summed E-state index contributed by atoms with van der Waals surface area (Å²) in [6.45, 7) is 2.63. The van der Waals surface area contributed by atoms with Gasteiger partial charge in [-0.25, -0.2) is 0 Å². The van der Waals surface area contributed by atoms with Crippen molar-refractivity contribution in [1.82, 2.24) is 14.7 Å². The number of hydrogen-bond donors (Lipinski definition) is 0. The lowest BCUT2D eigenvalue weighted by atomic mass is 10.1. The Balaban J connectivity index is 1.65. The molecule has 5 nitrogen and oxygen atoms in total. The average molecular weight is 424 g/mol. The number of fused-ring (bicyclic) bond motifs is 1. The predicted molar refractivity (Wildman–Crippen MR) is 126 cm³/mol. The quantitative estimate of drug-likeness (QED) is 0.446. The molecule has 1 atom stereocenters. The summed E-state index contributed by atoms with van der Waals surface area (Å²) in [7, 11) is 0. The number of nitrogens with zero attached hydrogens (tertiary/aromatic N) is 3. The Kier molecular flexibility index (Phi) is 5.31. The molecular weight excluding hydrogens is 398 g/mol. The van der Waals surface area contributed by atoms with Gasteiger partial charge < -0.3 is 4.90 Å². The van der Waals surface area contributed by atoms with E-state index in [0.29, 0.717) is 34.6 Å². The number of hydrogen-bond acceptors (Lipinski definition) is 3. The van der Waals surface area contributed by atoms with Gasteiger partial charge in [0.25, 0.3) is 11.5 Å². The van der Waals surface area contributed by atoms with E-state index in [1.54, 1.807) is 6.07 Å². The Morgan fingerprint density at radius 3 is 2.19 bits per heavy atom. The van der Waals surface area contributed by atoms with Crippen molar-refractivity contribution in [2.45, 2.75) is 32.4 Å². The Bertz CT molecular complexity index is 1310. The smallest absolute Gasteiger partial charge is 0.279 e. The van der Waals surface area contributed by atoms with E-state index in [-0.39, 0.29) is 17.5 Å². The summed E-state index contributed by atoms with van der Waals surface area (Å²) in [5.74, 6) is 0.364. The van der Waals surface area contributed by atoms with Crippen LogP contribution in [0.5, 0.6) is 0 Å². The Hall–Kier alpha value is -3.73. The molecule has 0 aliphatic heterocycles. The standard InChI is InChI=1S/C27H25N3O2/c1-19(21-16-17-21)29(18-20-10-4-2-5-11-20)27(32)25-23-14-8-9-15-24(23)26(31)30(28-25)22-12-6-3-7-13-22/h2-15,19,21H,16-18H2,1H3/t19-/m0/s1. The summed E-state index contributed by atoms with van der Waals surface area (Å²) in [6.07, 6.45) is 2.27. The van der Waals surface area contributed by atoms with E-state index >= 15 is 0 Å². The van der Waals surface area contributed by atoms with Crippen LogP contribution in [0.15, 0.2) is 89.7 Å². The topological polar surface area (TPSA) is 55.2 Å². The first kappa shape index (κ1) is 20.2. The SMILES string of the molecule is C[C@@H](C1CC1)N(Cc1ccccc1)C(=O)c1nn(-c2ccccc2)c(=O)c2ccccc12. The molecule has 5 heteroatoms. The van der Waals surface area contributed by atoms with Crippen molar-refractivity contribution in [3.8, 4) is 5.69 Å². The van der Waals surface area contributed by atoms with Gasteiger partial charge in [0, 0.05) is 18.0 Å². The fraction of sp³-hybridized carbons (Fsp3) is 0.222. The molecule has 0 bridgehead atoms. The van der Waals surface area contributed by atoms with Gasteiger partial charge in [0.2, 0.25) is 0 Å². The molecule has 160 valence electrons. The van der Waals surface area contributed by atoms with Crippen molar-refractivity contribution in [2.75, 3.05) is 0 Å². The number of para-hydroxylation sites is 1. The highest BCUT2D eigenvalue weighted by Gasteiger charge is 2.36. The lowest BCUT2D eigenvalue weighted by molar-refractivity contribution is 0.0648. The van der Waals surface area contributed by atoms with Crippen LogP contribution in [-0.2, 0) is 6.54 Å². The van der Waals surface area contributed by atoms with E-state index in [0.717, 1.165) is 18.4 Å². The molecule has 0 radical (unpaired) electrons. The van der Waals surface area contributed by atoms with E-state index in [1.807, 2.05) is 83.8 Å². The van der Waals surface area contributed by atoms with Gasteiger partial charge in [-0.05, 0) is 49.4 Å². The van der Waals surface area contributed by atoms with Crippen LogP contribution < -0.4 is 5.56 Å². The second-order valence-electron chi connectivity index (χ2n) is 8.44. The van der Waals surface area contributed by atoms with Crippen molar-refractivity contribution in [2.24, 2.45) is 5.92 Å². The van der Waals surface area contributed by atoms with Gasteiger partial charge in [-0.15, -0.1) is 0 Å². The summed E-state index contributed by atoms with van der Waals surface area (Å²) in [4.78, 5) is 29.1. The molecule has 0 spiro atoms. The molecule has 5 rings (SSSR count). The summed E-state index contributed by atoms with van der Waals surface area (Å²) >= 11 is 0. The van der Waals surface area contributed by atoms with E-state index < -0.39 is 0 Å². The van der Waals surface area contributed by atoms with Gasteiger partial charge in [-0.1, -0.05) is 66.7 Å². The van der Waals surface area contributed by atoms with E-state index in [2.05, 4.69) is 12.0 Å². The first-order valence-electron chi connectivity index (χ1n) is 11.1. The lowest BCUT2D eigenvalue weighted by Crippen LogP contribution is -2.40. The number of aromatic nitrogens is 2. The molecule has 0 unspecified atom stereocenters. The molecule has 1 amide bonds. The molecule has 32 heavy (non-hydrogen) atoms. The molecular formula is C27H25N3O2. The van der Waals surface area contributed by atoms with Crippen LogP contribution in [0.1, 0.15) is 35.8 Å². The third kappa shape index (κ3) is 3.82. The van der Waals surface area contributed by atoms with Gasteiger partial charge in [0.05, 0.1) is 11.1 Å². The number of carbonyl (C=O) groups excluding carboxylic acids is 1. The fourth-order valence-corrected chi connectivity index (χ4v) is 4.24. The molecule has 3 aromatic carbocycles. The number of rotatable bonds is 6. The van der Waals surface area contributed by atoms with Crippen LogP contribution in [0.4, 0.5) is 0 Å². The van der Waals surface area contributed by atoms with Crippen LogP contribution in [-0.4, -0.2) is 26.6 Å². The lowest BCUT2D eigenvalue weighted by Gasteiger charge is -2.30.